The Morgan fingerprint density at radius 1 is 0.964 bits per heavy atom. The van der Waals surface area contributed by atoms with E-state index in [0.29, 0.717) is 28.6 Å². The van der Waals surface area contributed by atoms with Crippen LogP contribution in [0.2, 0.25) is 0 Å². The van der Waals surface area contributed by atoms with Gasteiger partial charge in [0.25, 0.3) is 0 Å². The Bertz CT molecular complexity index is 928. The lowest BCUT2D eigenvalue weighted by atomic mass is 10.2. The van der Waals surface area contributed by atoms with Crippen molar-refractivity contribution in [3.63, 3.8) is 0 Å². The first-order valence-corrected chi connectivity index (χ1v) is 10.2. The van der Waals surface area contributed by atoms with Crippen LogP contribution in [0, 0.1) is 0 Å². The summed E-state index contributed by atoms with van der Waals surface area (Å²) >= 11 is 0. The number of carbonyl (C=O) groups is 1. The first-order valence-electron chi connectivity index (χ1n) is 8.37. The zero-order valence-corrected chi connectivity index (χ0v) is 17.2. The van der Waals surface area contributed by atoms with Crippen molar-refractivity contribution in [1.82, 2.24) is 0 Å². The Kier molecular flexibility index (Phi) is 6.74. The number of anilines is 2. The maximum absolute atomic E-state index is 12.7. The number of rotatable bonds is 8. The lowest BCUT2D eigenvalue weighted by Crippen LogP contribution is -2.45. The van der Waals surface area contributed by atoms with E-state index in [-0.39, 0.29) is 0 Å². The molecule has 0 aliphatic carbocycles. The molecule has 1 N–H and O–H groups in total. The molecular weight excluding hydrogens is 384 g/mol. The number of ether oxygens (including phenoxy) is 3. The fourth-order valence-corrected chi connectivity index (χ4v) is 3.87. The topological polar surface area (TPSA) is 94.2 Å². The van der Waals surface area contributed by atoms with E-state index in [9.17, 15) is 13.2 Å². The minimum absolute atomic E-state index is 0.360. The quantitative estimate of drug-likeness (QED) is 0.721. The van der Waals surface area contributed by atoms with E-state index >= 15 is 0 Å². The second kappa shape index (κ2) is 8.83. The summed E-state index contributed by atoms with van der Waals surface area (Å²) in [6.45, 7) is 1.52. The van der Waals surface area contributed by atoms with Gasteiger partial charge in [0.1, 0.15) is 11.8 Å². The molecule has 0 saturated heterocycles. The Morgan fingerprint density at radius 3 is 2.07 bits per heavy atom. The Balaban J connectivity index is 2.28. The monoisotopic (exact) mass is 408 g/mol. The van der Waals surface area contributed by atoms with Gasteiger partial charge in [-0.3, -0.25) is 9.10 Å². The van der Waals surface area contributed by atoms with Crippen molar-refractivity contribution in [2.75, 3.05) is 37.2 Å². The van der Waals surface area contributed by atoms with Crippen molar-refractivity contribution in [3.05, 3.63) is 42.5 Å². The molecule has 9 heteroatoms. The predicted octanol–water partition coefficient (Wildman–Crippen LogP) is 2.51. The number of hydrogen-bond acceptors (Lipinski definition) is 6. The van der Waals surface area contributed by atoms with Crippen LogP contribution in [0.15, 0.2) is 42.5 Å². The summed E-state index contributed by atoms with van der Waals surface area (Å²) < 4.78 is 41.2. The molecule has 152 valence electrons. The standard InChI is InChI=1S/C19H24N2O6S/c1-13(19(22)20-14-6-11-17(26-3)18(12-14)27-4)21(28(5,23)24)15-7-9-16(25-2)10-8-15/h6-13H,1-5H3,(H,20,22)/t13-/m0/s1. The number of nitrogens with one attached hydrogen (secondary N) is 1. The maximum Gasteiger partial charge on any atom is 0.247 e. The molecule has 1 atom stereocenters. The summed E-state index contributed by atoms with van der Waals surface area (Å²) in [5.74, 6) is 1.06. The summed E-state index contributed by atoms with van der Waals surface area (Å²) in [5, 5.41) is 2.71. The molecule has 2 aromatic carbocycles. The summed E-state index contributed by atoms with van der Waals surface area (Å²) in [6.07, 6.45) is 1.05. The number of sulfonamides is 1. The van der Waals surface area contributed by atoms with Crippen molar-refractivity contribution >= 4 is 27.3 Å². The number of benzene rings is 2. The van der Waals surface area contributed by atoms with Gasteiger partial charge < -0.3 is 19.5 Å². The lowest BCUT2D eigenvalue weighted by Gasteiger charge is -2.28. The molecule has 0 unspecified atom stereocenters. The average molecular weight is 408 g/mol. The minimum Gasteiger partial charge on any atom is -0.497 e. The molecule has 0 saturated carbocycles. The molecule has 0 bridgehead atoms. The maximum atomic E-state index is 12.7. The van der Waals surface area contributed by atoms with E-state index in [2.05, 4.69) is 5.32 Å². The van der Waals surface area contributed by atoms with E-state index < -0.39 is 22.0 Å². The van der Waals surface area contributed by atoms with Crippen molar-refractivity contribution in [1.29, 1.82) is 0 Å². The third kappa shape index (κ3) is 4.86. The highest BCUT2D eigenvalue weighted by molar-refractivity contribution is 7.92. The van der Waals surface area contributed by atoms with Crippen molar-refractivity contribution in [2.24, 2.45) is 0 Å². The second-order valence-electron chi connectivity index (χ2n) is 5.99. The van der Waals surface area contributed by atoms with Gasteiger partial charge >= 0.3 is 0 Å². The fraction of sp³-hybridized carbons (Fsp3) is 0.316. The Labute approximate surface area is 165 Å². The first kappa shape index (κ1) is 21.4. The summed E-state index contributed by atoms with van der Waals surface area (Å²) in [6, 6.07) is 10.3. The first-order chi connectivity index (χ1) is 13.2. The highest BCUT2D eigenvalue weighted by Gasteiger charge is 2.29. The fourth-order valence-electron chi connectivity index (χ4n) is 2.70. The summed E-state index contributed by atoms with van der Waals surface area (Å²) in [7, 11) is 0.804. The zero-order chi connectivity index (χ0) is 20.9. The van der Waals surface area contributed by atoms with Crippen LogP contribution in [0.3, 0.4) is 0 Å². The number of amides is 1. The molecule has 1 amide bonds. The third-order valence-electron chi connectivity index (χ3n) is 4.07. The molecule has 0 radical (unpaired) electrons. The largest absolute Gasteiger partial charge is 0.497 e. The molecule has 8 nitrogen and oxygen atoms in total. The molecule has 2 rings (SSSR count). The zero-order valence-electron chi connectivity index (χ0n) is 16.4. The number of methoxy groups -OCH3 is 3. The van der Waals surface area contributed by atoms with Gasteiger partial charge in [-0.1, -0.05) is 0 Å². The normalized spacial score (nSPS) is 12.0. The van der Waals surface area contributed by atoms with Crippen molar-refractivity contribution < 1.29 is 27.4 Å². The number of hydrogen-bond donors (Lipinski definition) is 1. The number of carbonyl (C=O) groups excluding carboxylic acids is 1. The van der Waals surface area contributed by atoms with Crippen LogP contribution >= 0.6 is 0 Å². The Morgan fingerprint density at radius 2 is 1.57 bits per heavy atom. The SMILES string of the molecule is COc1ccc(N([C@@H](C)C(=O)Nc2ccc(OC)c(OC)c2)S(C)(=O)=O)cc1. The average Bonchev–Trinajstić information content (AvgIpc) is 2.67. The summed E-state index contributed by atoms with van der Waals surface area (Å²) in [4.78, 5) is 12.7. The van der Waals surface area contributed by atoms with Crippen LogP contribution in [0.5, 0.6) is 17.2 Å². The van der Waals surface area contributed by atoms with Crippen LogP contribution in [0.25, 0.3) is 0 Å². The number of nitrogens with zero attached hydrogens (tertiary/aromatic N) is 1. The molecular formula is C19H24N2O6S. The van der Waals surface area contributed by atoms with Crippen LogP contribution in [-0.4, -0.2) is 48.0 Å². The van der Waals surface area contributed by atoms with E-state index in [4.69, 9.17) is 14.2 Å². The van der Waals surface area contributed by atoms with Gasteiger partial charge in [-0.25, -0.2) is 8.42 Å². The Hall–Kier alpha value is -2.94. The third-order valence-corrected chi connectivity index (χ3v) is 5.31. The lowest BCUT2D eigenvalue weighted by molar-refractivity contribution is -0.116. The van der Waals surface area contributed by atoms with Crippen molar-refractivity contribution in [2.45, 2.75) is 13.0 Å². The molecule has 2 aromatic rings. The molecule has 0 fully saturated rings. The summed E-state index contributed by atoms with van der Waals surface area (Å²) in [5.41, 5.74) is 0.816. The van der Waals surface area contributed by atoms with Crippen LogP contribution in [-0.2, 0) is 14.8 Å². The van der Waals surface area contributed by atoms with Crippen LogP contribution in [0.4, 0.5) is 11.4 Å². The van der Waals surface area contributed by atoms with Gasteiger partial charge in [-0.05, 0) is 43.3 Å². The van der Waals surface area contributed by atoms with Crippen LogP contribution < -0.4 is 23.8 Å². The highest BCUT2D eigenvalue weighted by Crippen LogP contribution is 2.30. The van der Waals surface area contributed by atoms with Gasteiger partial charge in [-0.15, -0.1) is 0 Å². The molecule has 28 heavy (non-hydrogen) atoms. The molecule has 0 aromatic heterocycles. The molecule has 0 aliphatic rings. The molecule has 0 aliphatic heterocycles. The van der Waals surface area contributed by atoms with Gasteiger partial charge in [0, 0.05) is 11.8 Å². The highest BCUT2D eigenvalue weighted by atomic mass is 32.2. The van der Waals surface area contributed by atoms with Gasteiger partial charge in [0.05, 0.1) is 33.3 Å². The van der Waals surface area contributed by atoms with Gasteiger partial charge in [-0.2, -0.15) is 0 Å². The molecule has 0 heterocycles. The van der Waals surface area contributed by atoms with Crippen molar-refractivity contribution in [3.8, 4) is 17.2 Å². The van der Waals surface area contributed by atoms with E-state index in [1.807, 2.05) is 0 Å². The van der Waals surface area contributed by atoms with E-state index in [1.165, 1.54) is 28.3 Å². The smallest absolute Gasteiger partial charge is 0.247 e. The minimum atomic E-state index is -3.71. The second-order valence-corrected chi connectivity index (χ2v) is 7.85. The predicted molar refractivity (Wildman–Crippen MR) is 108 cm³/mol. The molecule has 0 spiro atoms. The van der Waals surface area contributed by atoms with Gasteiger partial charge in [0.15, 0.2) is 11.5 Å². The van der Waals surface area contributed by atoms with E-state index in [0.717, 1.165) is 10.6 Å². The van der Waals surface area contributed by atoms with E-state index in [1.54, 1.807) is 42.5 Å². The van der Waals surface area contributed by atoms with Gasteiger partial charge in [0.2, 0.25) is 15.9 Å². The van der Waals surface area contributed by atoms with Crippen LogP contribution in [0.1, 0.15) is 6.92 Å².